The van der Waals surface area contributed by atoms with E-state index in [4.69, 9.17) is 27.9 Å². The van der Waals surface area contributed by atoms with Crippen LogP contribution in [-0.2, 0) is 24.3 Å². The molecule has 29 heavy (non-hydrogen) atoms. The second-order valence-electron chi connectivity index (χ2n) is 6.73. The highest BCUT2D eigenvalue weighted by atomic mass is 35.5. The van der Waals surface area contributed by atoms with Gasteiger partial charge in [0.2, 0.25) is 10.0 Å². The van der Waals surface area contributed by atoms with Crippen molar-refractivity contribution < 1.29 is 22.7 Å². The summed E-state index contributed by atoms with van der Waals surface area (Å²) >= 11 is 11.6. The maximum atomic E-state index is 12.3. The molecule has 0 fully saturated rings. The smallest absolute Gasteiger partial charge is 0.324 e. The molecule has 1 amide bonds. The van der Waals surface area contributed by atoms with Gasteiger partial charge in [0.1, 0.15) is 6.04 Å². The Labute approximate surface area is 180 Å². The first-order chi connectivity index (χ1) is 13.7. The predicted octanol–water partition coefficient (Wildman–Crippen LogP) is 3.21. The molecule has 10 heteroatoms. The van der Waals surface area contributed by atoms with Crippen molar-refractivity contribution >= 4 is 45.1 Å². The maximum absolute atomic E-state index is 12.3. The minimum absolute atomic E-state index is 0.0745. The highest BCUT2D eigenvalue weighted by molar-refractivity contribution is 7.89. The molecule has 2 N–H and O–H groups in total. The van der Waals surface area contributed by atoms with Gasteiger partial charge in [0.25, 0.3) is 5.91 Å². The molecule has 0 aliphatic heterocycles. The van der Waals surface area contributed by atoms with E-state index in [1.165, 1.54) is 43.5 Å². The molecule has 1 aromatic carbocycles. The zero-order valence-corrected chi connectivity index (χ0v) is 18.4. The second kappa shape index (κ2) is 11.0. The monoisotopic (exact) mass is 462 g/mol. The summed E-state index contributed by atoms with van der Waals surface area (Å²) in [6.45, 7) is 1.32. The standard InChI is InChI=1S/C19H24Cl2N2O5S/c1-13(23-29(26,27)15-7-8-16(20)17(21)11-15)19(25)28-12-18(24)22-10-9-14-5-3-2-4-6-14/h5,7-8,11,13,23H,2-4,6,9-10,12H2,1H3,(H,22,24)/t13-/m0/s1. The van der Waals surface area contributed by atoms with E-state index in [2.05, 4.69) is 16.1 Å². The molecule has 0 radical (unpaired) electrons. The maximum Gasteiger partial charge on any atom is 0.324 e. The first-order valence-electron chi connectivity index (χ1n) is 9.27. The van der Waals surface area contributed by atoms with E-state index in [0.717, 1.165) is 19.3 Å². The summed E-state index contributed by atoms with van der Waals surface area (Å²) in [5.41, 5.74) is 1.33. The van der Waals surface area contributed by atoms with Gasteiger partial charge in [-0.25, -0.2) is 8.42 Å². The van der Waals surface area contributed by atoms with E-state index in [1.54, 1.807) is 0 Å². The number of ether oxygens (including phenoxy) is 1. The van der Waals surface area contributed by atoms with Gasteiger partial charge >= 0.3 is 5.97 Å². The Bertz CT molecular complexity index is 887. The Hall–Kier alpha value is -1.61. The number of allylic oxidation sites excluding steroid dienone is 1. The highest BCUT2D eigenvalue weighted by Crippen LogP contribution is 2.24. The number of carbonyl (C=O) groups excluding carboxylic acids is 2. The van der Waals surface area contributed by atoms with Gasteiger partial charge in [-0.05, 0) is 57.2 Å². The average molecular weight is 463 g/mol. The van der Waals surface area contributed by atoms with Crippen LogP contribution in [0.4, 0.5) is 0 Å². The summed E-state index contributed by atoms with van der Waals surface area (Å²) in [6, 6.07) is 2.60. The van der Waals surface area contributed by atoms with Gasteiger partial charge in [0.15, 0.2) is 6.61 Å². The van der Waals surface area contributed by atoms with Crippen molar-refractivity contribution in [2.45, 2.75) is 50.0 Å². The lowest BCUT2D eigenvalue weighted by atomic mass is 9.97. The van der Waals surface area contributed by atoms with Crippen molar-refractivity contribution in [3.63, 3.8) is 0 Å². The van der Waals surface area contributed by atoms with Crippen LogP contribution in [0, 0.1) is 0 Å². The van der Waals surface area contributed by atoms with Crippen molar-refractivity contribution in [3.05, 3.63) is 39.9 Å². The van der Waals surface area contributed by atoms with E-state index >= 15 is 0 Å². The number of nitrogens with one attached hydrogen (secondary N) is 2. The molecule has 1 aliphatic rings. The number of hydrogen-bond donors (Lipinski definition) is 2. The molecule has 1 aromatic rings. The fourth-order valence-corrected chi connectivity index (χ4v) is 4.38. The normalized spacial score (nSPS) is 15.3. The molecule has 160 valence electrons. The van der Waals surface area contributed by atoms with Crippen LogP contribution < -0.4 is 10.0 Å². The van der Waals surface area contributed by atoms with Crippen LogP contribution in [0.15, 0.2) is 34.7 Å². The van der Waals surface area contributed by atoms with Gasteiger partial charge < -0.3 is 10.1 Å². The molecule has 0 saturated heterocycles. The van der Waals surface area contributed by atoms with Gasteiger partial charge in [-0.2, -0.15) is 4.72 Å². The number of carbonyl (C=O) groups is 2. The van der Waals surface area contributed by atoms with Crippen LogP contribution in [0.25, 0.3) is 0 Å². The number of halogens is 2. The summed E-state index contributed by atoms with van der Waals surface area (Å²) in [7, 11) is -4.01. The molecule has 1 aliphatic carbocycles. The van der Waals surface area contributed by atoms with E-state index < -0.39 is 34.5 Å². The number of esters is 1. The van der Waals surface area contributed by atoms with Crippen LogP contribution in [0.2, 0.25) is 10.0 Å². The summed E-state index contributed by atoms with van der Waals surface area (Å²) in [5.74, 6) is -1.30. The summed E-state index contributed by atoms with van der Waals surface area (Å²) in [6.07, 6.45) is 7.50. The molecule has 0 spiro atoms. The Morgan fingerprint density at radius 1 is 1.21 bits per heavy atom. The molecule has 0 bridgehead atoms. The quantitative estimate of drug-likeness (QED) is 0.433. The van der Waals surface area contributed by atoms with Gasteiger partial charge in [0.05, 0.1) is 14.9 Å². The largest absolute Gasteiger partial charge is 0.454 e. The summed E-state index contributed by atoms with van der Waals surface area (Å²) in [5, 5.41) is 2.97. The topological polar surface area (TPSA) is 102 Å². The zero-order valence-electron chi connectivity index (χ0n) is 16.0. The van der Waals surface area contributed by atoms with Gasteiger partial charge in [0, 0.05) is 6.54 Å². The Balaban J connectivity index is 1.76. The van der Waals surface area contributed by atoms with E-state index in [0.29, 0.717) is 6.54 Å². The lowest BCUT2D eigenvalue weighted by molar-refractivity contribution is -0.149. The summed E-state index contributed by atoms with van der Waals surface area (Å²) < 4.78 is 31.7. The molecular formula is C19H24Cl2N2O5S. The lowest BCUT2D eigenvalue weighted by Gasteiger charge is -2.15. The van der Waals surface area contributed by atoms with Crippen LogP contribution >= 0.6 is 23.2 Å². The van der Waals surface area contributed by atoms with E-state index in [9.17, 15) is 18.0 Å². The third-order valence-electron chi connectivity index (χ3n) is 4.39. The number of sulfonamides is 1. The highest BCUT2D eigenvalue weighted by Gasteiger charge is 2.24. The molecule has 0 aromatic heterocycles. The lowest BCUT2D eigenvalue weighted by Crippen LogP contribution is -2.41. The van der Waals surface area contributed by atoms with Crippen molar-refractivity contribution in [1.82, 2.24) is 10.0 Å². The van der Waals surface area contributed by atoms with Crippen LogP contribution in [-0.4, -0.2) is 39.5 Å². The van der Waals surface area contributed by atoms with Crippen molar-refractivity contribution in [2.24, 2.45) is 0 Å². The number of hydrogen-bond acceptors (Lipinski definition) is 5. The van der Waals surface area contributed by atoms with Crippen LogP contribution in [0.1, 0.15) is 39.0 Å². The van der Waals surface area contributed by atoms with Crippen molar-refractivity contribution in [1.29, 1.82) is 0 Å². The Morgan fingerprint density at radius 2 is 1.97 bits per heavy atom. The SMILES string of the molecule is C[C@H](NS(=O)(=O)c1ccc(Cl)c(Cl)c1)C(=O)OCC(=O)NCCC1=CCCCC1. The third kappa shape index (κ3) is 7.62. The first-order valence-corrected chi connectivity index (χ1v) is 11.5. The van der Waals surface area contributed by atoms with Crippen LogP contribution in [0.3, 0.4) is 0 Å². The minimum atomic E-state index is -4.01. The fraction of sp³-hybridized carbons (Fsp3) is 0.474. The fourth-order valence-electron chi connectivity index (χ4n) is 2.80. The Morgan fingerprint density at radius 3 is 2.62 bits per heavy atom. The molecule has 0 heterocycles. The van der Waals surface area contributed by atoms with Crippen molar-refractivity contribution in [2.75, 3.05) is 13.2 Å². The zero-order chi connectivity index (χ0) is 21.4. The van der Waals surface area contributed by atoms with Crippen molar-refractivity contribution in [3.8, 4) is 0 Å². The molecule has 0 unspecified atom stereocenters. The first kappa shape index (κ1) is 23.7. The number of rotatable bonds is 9. The van der Waals surface area contributed by atoms with Gasteiger partial charge in [-0.1, -0.05) is 34.9 Å². The predicted molar refractivity (Wildman–Crippen MR) is 111 cm³/mol. The number of amides is 1. The van der Waals surface area contributed by atoms with E-state index in [-0.39, 0.29) is 14.9 Å². The Kier molecular flexibility index (Phi) is 8.95. The molecule has 7 nitrogen and oxygen atoms in total. The minimum Gasteiger partial charge on any atom is -0.454 e. The average Bonchev–Trinajstić information content (AvgIpc) is 2.68. The van der Waals surface area contributed by atoms with E-state index in [1.807, 2.05) is 0 Å². The molecule has 0 saturated carbocycles. The summed E-state index contributed by atoms with van der Waals surface area (Å²) in [4.78, 5) is 23.7. The number of benzene rings is 1. The second-order valence-corrected chi connectivity index (χ2v) is 9.26. The third-order valence-corrected chi connectivity index (χ3v) is 6.66. The van der Waals surface area contributed by atoms with Crippen LogP contribution in [0.5, 0.6) is 0 Å². The molecule has 1 atom stereocenters. The van der Waals surface area contributed by atoms with Gasteiger partial charge in [-0.15, -0.1) is 0 Å². The molecule has 2 rings (SSSR count). The molecular weight excluding hydrogens is 439 g/mol. The van der Waals surface area contributed by atoms with Gasteiger partial charge in [-0.3, -0.25) is 9.59 Å².